The molecule has 92 valence electrons. The molecule has 2 heteroatoms. The summed E-state index contributed by atoms with van der Waals surface area (Å²) >= 11 is 1.77. The number of methoxy groups -OCH3 is 1. The summed E-state index contributed by atoms with van der Waals surface area (Å²) in [4.78, 5) is 1.31. The lowest BCUT2D eigenvalue weighted by atomic mass is 10.0. The number of hydrogen-bond donors (Lipinski definition) is 0. The lowest BCUT2D eigenvalue weighted by Gasteiger charge is -2.08. The number of hydrogen-bond acceptors (Lipinski definition) is 2. The van der Waals surface area contributed by atoms with Crippen molar-refractivity contribution in [1.82, 2.24) is 0 Å². The molecule has 0 spiro atoms. The van der Waals surface area contributed by atoms with Crippen LogP contribution in [-0.4, -0.2) is 7.11 Å². The number of rotatable bonds is 3. The number of aryl methyl sites for hydroxylation is 1. The van der Waals surface area contributed by atoms with Crippen LogP contribution in [-0.2, 0) is 11.3 Å². The van der Waals surface area contributed by atoms with Crippen LogP contribution >= 0.6 is 11.3 Å². The molecule has 1 nitrogen and oxygen atoms in total. The second kappa shape index (κ2) is 7.25. The molecular weight excluding hydrogens is 228 g/mol. The Labute approximate surface area is 108 Å². The van der Waals surface area contributed by atoms with Gasteiger partial charge < -0.3 is 4.74 Å². The average Bonchev–Trinajstić information content (AvgIpc) is 2.86. The van der Waals surface area contributed by atoms with Crippen molar-refractivity contribution in [2.75, 3.05) is 7.11 Å². The van der Waals surface area contributed by atoms with Crippen LogP contribution in [0.3, 0.4) is 0 Å². The van der Waals surface area contributed by atoms with Crippen LogP contribution in [0.4, 0.5) is 0 Å². The maximum absolute atomic E-state index is 5.23. The smallest absolute Gasteiger partial charge is 0.0719 e. The molecule has 0 radical (unpaired) electrons. The fraction of sp³-hybridized carbons (Fsp3) is 0.333. The first kappa shape index (κ1) is 13.9. The van der Waals surface area contributed by atoms with Crippen molar-refractivity contribution in [3.63, 3.8) is 0 Å². The predicted molar refractivity (Wildman–Crippen MR) is 76.6 cm³/mol. The first-order valence-corrected chi connectivity index (χ1v) is 6.81. The Hall–Kier alpha value is -1.12. The monoisotopic (exact) mass is 248 g/mol. The second-order valence-electron chi connectivity index (χ2n) is 3.57. The maximum atomic E-state index is 5.23. The summed E-state index contributed by atoms with van der Waals surface area (Å²) in [5.41, 5.74) is 3.83. The number of thiophene rings is 1. The lowest BCUT2D eigenvalue weighted by molar-refractivity contribution is 0.185. The largest absolute Gasteiger partial charge is 0.380 e. The van der Waals surface area contributed by atoms with Crippen molar-refractivity contribution >= 4 is 11.3 Å². The molecule has 0 saturated carbocycles. The third-order valence-electron chi connectivity index (χ3n) is 2.35. The molecule has 1 aromatic carbocycles. The second-order valence-corrected chi connectivity index (χ2v) is 4.52. The third kappa shape index (κ3) is 3.69. The Balaban J connectivity index is 0.000000686. The minimum atomic E-state index is 0.676. The van der Waals surface area contributed by atoms with Gasteiger partial charge in [0.25, 0.3) is 0 Å². The van der Waals surface area contributed by atoms with E-state index in [4.69, 9.17) is 4.74 Å². The molecule has 2 rings (SSSR count). The van der Waals surface area contributed by atoms with E-state index in [0.29, 0.717) is 6.61 Å². The minimum Gasteiger partial charge on any atom is -0.380 e. The van der Waals surface area contributed by atoms with Gasteiger partial charge in [-0.2, -0.15) is 0 Å². The van der Waals surface area contributed by atoms with Gasteiger partial charge in [0.15, 0.2) is 0 Å². The Morgan fingerprint density at radius 1 is 1.18 bits per heavy atom. The van der Waals surface area contributed by atoms with Gasteiger partial charge >= 0.3 is 0 Å². The van der Waals surface area contributed by atoms with Gasteiger partial charge in [0, 0.05) is 12.0 Å². The van der Waals surface area contributed by atoms with E-state index in [0.717, 1.165) is 0 Å². The molecule has 0 atom stereocenters. The Bertz CT molecular complexity index is 432. The molecule has 0 unspecified atom stereocenters. The van der Waals surface area contributed by atoms with E-state index in [1.807, 2.05) is 13.8 Å². The molecule has 1 aromatic heterocycles. The van der Waals surface area contributed by atoms with Crippen LogP contribution < -0.4 is 0 Å². The van der Waals surface area contributed by atoms with Gasteiger partial charge in [-0.25, -0.2) is 0 Å². The first-order chi connectivity index (χ1) is 8.31. The quantitative estimate of drug-likeness (QED) is 0.751. The molecule has 0 bridgehead atoms. The van der Waals surface area contributed by atoms with E-state index < -0.39 is 0 Å². The minimum absolute atomic E-state index is 0.676. The molecule has 0 aliphatic rings. The third-order valence-corrected chi connectivity index (χ3v) is 3.25. The van der Waals surface area contributed by atoms with Crippen molar-refractivity contribution in [2.24, 2.45) is 0 Å². The Morgan fingerprint density at radius 3 is 2.53 bits per heavy atom. The molecule has 17 heavy (non-hydrogen) atoms. The van der Waals surface area contributed by atoms with Crippen molar-refractivity contribution in [3.05, 3.63) is 46.8 Å². The number of ether oxygens (including phenoxy) is 1. The molecule has 0 fully saturated rings. The standard InChI is InChI=1S/C13H14OS.C2H6/c1-10-5-6-12(11(8-10)9-14-2)13-4-3-7-15-13;1-2/h3-8H,9H2,1-2H3;1-2H3. The van der Waals surface area contributed by atoms with Gasteiger partial charge in [0.05, 0.1) is 6.61 Å². The van der Waals surface area contributed by atoms with E-state index in [2.05, 4.69) is 42.6 Å². The van der Waals surface area contributed by atoms with Crippen LogP contribution in [0.25, 0.3) is 10.4 Å². The van der Waals surface area contributed by atoms with E-state index in [1.165, 1.54) is 21.6 Å². The highest BCUT2D eigenvalue weighted by molar-refractivity contribution is 7.13. The summed E-state index contributed by atoms with van der Waals surface area (Å²) in [7, 11) is 1.74. The number of benzene rings is 1. The van der Waals surface area contributed by atoms with Gasteiger partial charge in [-0.15, -0.1) is 11.3 Å². The predicted octanol–water partition coefficient (Wildman–Crippen LogP) is 4.90. The molecule has 0 saturated heterocycles. The molecular formula is C15H20OS. The molecule has 2 aromatic rings. The molecule has 0 N–H and O–H groups in total. The lowest BCUT2D eigenvalue weighted by Crippen LogP contribution is -1.91. The Morgan fingerprint density at radius 2 is 1.94 bits per heavy atom. The summed E-state index contributed by atoms with van der Waals surface area (Å²) < 4.78 is 5.23. The fourth-order valence-corrected chi connectivity index (χ4v) is 2.46. The SMILES string of the molecule is CC.COCc1cc(C)ccc1-c1cccs1. The van der Waals surface area contributed by atoms with Crippen LogP contribution in [0, 0.1) is 6.92 Å². The van der Waals surface area contributed by atoms with E-state index in [1.54, 1.807) is 18.4 Å². The molecule has 0 aliphatic carbocycles. The summed E-state index contributed by atoms with van der Waals surface area (Å²) in [6.07, 6.45) is 0. The average molecular weight is 248 g/mol. The van der Waals surface area contributed by atoms with Gasteiger partial charge in [-0.3, -0.25) is 0 Å². The highest BCUT2D eigenvalue weighted by atomic mass is 32.1. The van der Waals surface area contributed by atoms with Crippen molar-refractivity contribution < 1.29 is 4.74 Å². The van der Waals surface area contributed by atoms with E-state index >= 15 is 0 Å². The normalized spacial score (nSPS) is 9.65. The fourth-order valence-electron chi connectivity index (χ4n) is 1.67. The van der Waals surface area contributed by atoms with Gasteiger partial charge in [-0.1, -0.05) is 43.7 Å². The summed E-state index contributed by atoms with van der Waals surface area (Å²) in [5, 5.41) is 2.10. The maximum Gasteiger partial charge on any atom is 0.0719 e. The molecule has 0 amide bonds. The van der Waals surface area contributed by atoms with Gasteiger partial charge in [0.1, 0.15) is 0 Å². The zero-order chi connectivity index (χ0) is 12.7. The van der Waals surface area contributed by atoms with Crippen LogP contribution in [0.15, 0.2) is 35.7 Å². The first-order valence-electron chi connectivity index (χ1n) is 5.93. The summed E-state index contributed by atoms with van der Waals surface area (Å²) in [6, 6.07) is 10.7. The van der Waals surface area contributed by atoms with Crippen LogP contribution in [0.5, 0.6) is 0 Å². The molecule has 0 aliphatic heterocycles. The highest BCUT2D eigenvalue weighted by Crippen LogP contribution is 2.29. The van der Waals surface area contributed by atoms with E-state index in [-0.39, 0.29) is 0 Å². The van der Waals surface area contributed by atoms with E-state index in [9.17, 15) is 0 Å². The van der Waals surface area contributed by atoms with Crippen molar-refractivity contribution in [1.29, 1.82) is 0 Å². The summed E-state index contributed by atoms with van der Waals surface area (Å²) in [6.45, 7) is 6.78. The Kier molecular flexibility index (Phi) is 5.95. The zero-order valence-corrected chi connectivity index (χ0v) is 11.8. The molecule has 1 heterocycles. The van der Waals surface area contributed by atoms with Crippen LogP contribution in [0.2, 0.25) is 0 Å². The van der Waals surface area contributed by atoms with Crippen molar-refractivity contribution in [3.8, 4) is 10.4 Å². The van der Waals surface area contributed by atoms with Crippen molar-refractivity contribution in [2.45, 2.75) is 27.4 Å². The topological polar surface area (TPSA) is 9.23 Å². The summed E-state index contributed by atoms with van der Waals surface area (Å²) in [5.74, 6) is 0. The van der Waals surface area contributed by atoms with Crippen LogP contribution in [0.1, 0.15) is 25.0 Å². The van der Waals surface area contributed by atoms with Gasteiger partial charge in [0.2, 0.25) is 0 Å². The highest BCUT2D eigenvalue weighted by Gasteiger charge is 2.05. The van der Waals surface area contributed by atoms with Gasteiger partial charge in [-0.05, 0) is 29.5 Å². The zero-order valence-electron chi connectivity index (χ0n) is 11.0.